The van der Waals surface area contributed by atoms with E-state index in [1.807, 2.05) is 18.2 Å². The van der Waals surface area contributed by atoms with E-state index in [9.17, 15) is 4.39 Å². The van der Waals surface area contributed by atoms with Crippen LogP contribution < -0.4 is 11.1 Å². The fourth-order valence-corrected chi connectivity index (χ4v) is 2.68. The number of rotatable bonds is 3. The topological polar surface area (TPSA) is 38.0 Å². The molecule has 0 spiro atoms. The van der Waals surface area contributed by atoms with E-state index in [0.29, 0.717) is 15.1 Å². The van der Waals surface area contributed by atoms with Crippen LogP contribution in [0.1, 0.15) is 5.56 Å². The van der Waals surface area contributed by atoms with Gasteiger partial charge in [0.05, 0.1) is 4.47 Å². The van der Waals surface area contributed by atoms with Crippen LogP contribution in [0.3, 0.4) is 0 Å². The van der Waals surface area contributed by atoms with Crippen LogP contribution in [0, 0.1) is 5.82 Å². The Morgan fingerprint density at radius 1 is 1.05 bits per heavy atom. The van der Waals surface area contributed by atoms with Crippen molar-refractivity contribution in [1.82, 2.24) is 0 Å². The van der Waals surface area contributed by atoms with E-state index in [0.717, 1.165) is 15.7 Å². The molecule has 0 saturated heterocycles. The number of nitrogens with one attached hydrogen (secondary N) is 1. The Bertz CT molecular complexity index is 647. The van der Waals surface area contributed by atoms with Gasteiger partial charge in [0.1, 0.15) is 10.8 Å². The molecule has 0 bridgehead atoms. The SMILES string of the molecule is NC(=S)c1ccc(Nc2ccc(Br)c(F)c2)cc1Br. The van der Waals surface area contributed by atoms with Crippen LogP contribution in [0.15, 0.2) is 45.3 Å². The van der Waals surface area contributed by atoms with E-state index in [2.05, 4.69) is 37.2 Å². The maximum Gasteiger partial charge on any atom is 0.139 e. The standard InChI is InChI=1S/C13H9Br2FN2S/c14-10-4-2-8(6-12(10)16)18-7-1-3-9(13(17)19)11(15)5-7/h1-6,18H,(H2,17,19). The van der Waals surface area contributed by atoms with E-state index in [-0.39, 0.29) is 5.82 Å². The molecule has 0 radical (unpaired) electrons. The first kappa shape index (κ1) is 14.4. The summed E-state index contributed by atoms with van der Waals surface area (Å²) < 4.78 is 14.6. The highest BCUT2D eigenvalue weighted by molar-refractivity contribution is 9.10. The molecule has 0 fully saturated rings. The molecule has 2 aromatic carbocycles. The second-order valence-electron chi connectivity index (χ2n) is 3.81. The van der Waals surface area contributed by atoms with Crippen molar-refractivity contribution in [2.24, 2.45) is 5.73 Å². The van der Waals surface area contributed by atoms with Crippen LogP contribution in [0.2, 0.25) is 0 Å². The summed E-state index contributed by atoms with van der Waals surface area (Å²) in [5.74, 6) is -0.316. The maximum absolute atomic E-state index is 13.4. The minimum absolute atomic E-state index is 0.316. The Kier molecular flexibility index (Phi) is 4.54. The summed E-state index contributed by atoms with van der Waals surface area (Å²) >= 11 is 11.4. The fraction of sp³-hybridized carbons (Fsp3) is 0. The molecular weight excluding hydrogens is 395 g/mol. The fourth-order valence-electron chi connectivity index (χ4n) is 1.53. The van der Waals surface area contributed by atoms with Crippen LogP contribution in [-0.2, 0) is 0 Å². The second-order valence-corrected chi connectivity index (χ2v) is 5.96. The van der Waals surface area contributed by atoms with Gasteiger partial charge in [0.15, 0.2) is 0 Å². The highest BCUT2D eigenvalue weighted by atomic mass is 79.9. The molecule has 0 amide bonds. The Morgan fingerprint density at radius 2 is 1.68 bits per heavy atom. The van der Waals surface area contributed by atoms with E-state index >= 15 is 0 Å². The second kappa shape index (κ2) is 5.98. The van der Waals surface area contributed by atoms with Gasteiger partial charge in [-0.1, -0.05) is 12.2 Å². The van der Waals surface area contributed by atoms with Crippen molar-refractivity contribution in [3.8, 4) is 0 Å². The molecule has 0 atom stereocenters. The number of thiocarbonyl (C=S) groups is 1. The number of nitrogens with two attached hydrogens (primary N) is 1. The van der Waals surface area contributed by atoms with Crippen molar-refractivity contribution in [3.05, 3.63) is 56.7 Å². The van der Waals surface area contributed by atoms with Crippen molar-refractivity contribution in [3.63, 3.8) is 0 Å². The molecule has 0 aliphatic rings. The van der Waals surface area contributed by atoms with Gasteiger partial charge in [-0.3, -0.25) is 0 Å². The van der Waals surface area contributed by atoms with E-state index in [1.165, 1.54) is 6.07 Å². The molecule has 0 saturated carbocycles. The van der Waals surface area contributed by atoms with E-state index in [1.54, 1.807) is 12.1 Å². The summed E-state index contributed by atoms with van der Waals surface area (Å²) in [6.45, 7) is 0. The zero-order valence-corrected chi connectivity index (χ0v) is 13.6. The predicted molar refractivity (Wildman–Crippen MR) is 87.4 cm³/mol. The van der Waals surface area contributed by atoms with Gasteiger partial charge in [0.2, 0.25) is 0 Å². The lowest BCUT2D eigenvalue weighted by atomic mass is 10.2. The first-order valence-corrected chi connectivity index (χ1v) is 7.28. The lowest BCUT2D eigenvalue weighted by molar-refractivity contribution is 0.622. The third-order valence-electron chi connectivity index (χ3n) is 2.44. The van der Waals surface area contributed by atoms with Crippen LogP contribution in [0.4, 0.5) is 15.8 Å². The lowest BCUT2D eigenvalue weighted by Gasteiger charge is -2.09. The van der Waals surface area contributed by atoms with Gasteiger partial charge in [-0.25, -0.2) is 4.39 Å². The summed E-state index contributed by atoms with van der Waals surface area (Å²) in [4.78, 5) is 0.327. The minimum atomic E-state index is -0.316. The van der Waals surface area contributed by atoms with Crippen LogP contribution in [0.5, 0.6) is 0 Å². The molecule has 2 nitrogen and oxygen atoms in total. The Morgan fingerprint density at radius 3 is 2.26 bits per heavy atom. The molecule has 0 aliphatic carbocycles. The summed E-state index contributed by atoms with van der Waals surface area (Å²) in [6.07, 6.45) is 0. The molecule has 6 heteroatoms. The number of hydrogen-bond donors (Lipinski definition) is 2. The van der Waals surface area contributed by atoms with Gasteiger partial charge < -0.3 is 11.1 Å². The highest BCUT2D eigenvalue weighted by Crippen LogP contribution is 2.26. The van der Waals surface area contributed by atoms with Crippen molar-refractivity contribution in [2.45, 2.75) is 0 Å². The van der Waals surface area contributed by atoms with Gasteiger partial charge in [0.25, 0.3) is 0 Å². The van der Waals surface area contributed by atoms with Crippen molar-refractivity contribution in [1.29, 1.82) is 0 Å². The predicted octanol–water partition coefficient (Wildman–Crippen LogP) is 4.73. The van der Waals surface area contributed by atoms with Gasteiger partial charge >= 0.3 is 0 Å². The van der Waals surface area contributed by atoms with Gasteiger partial charge in [0, 0.05) is 21.4 Å². The molecule has 0 aromatic heterocycles. The van der Waals surface area contributed by atoms with Crippen molar-refractivity contribution >= 4 is 60.4 Å². The van der Waals surface area contributed by atoms with Crippen molar-refractivity contribution < 1.29 is 4.39 Å². The van der Waals surface area contributed by atoms with Gasteiger partial charge in [-0.15, -0.1) is 0 Å². The Hall–Kier alpha value is -0.980. The summed E-state index contributed by atoms with van der Waals surface area (Å²) in [7, 11) is 0. The molecule has 98 valence electrons. The lowest BCUT2D eigenvalue weighted by Crippen LogP contribution is -2.10. The molecular formula is C13H9Br2FN2S. The van der Waals surface area contributed by atoms with Crippen LogP contribution in [-0.4, -0.2) is 4.99 Å². The molecule has 2 rings (SSSR count). The zero-order valence-electron chi connectivity index (χ0n) is 9.58. The quantitative estimate of drug-likeness (QED) is 0.727. The molecule has 0 heterocycles. The Balaban J connectivity index is 2.26. The van der Waals surface area contributed by atoms with Gasteiger partial charge in [-0.05, 0) is 68.3 Å². The number of benzene rings is 2. The van der Waals surface area contributed by atoms with E-state index < -0.39 is 0 Å². The largest absolute Gasteiger partial charge is 0.389 e. The summed E-state index contributed by atoms with van der Waals surface area (Å²) in [6, 6.07) is 10.3. The third-order valence-corrected chi connectivity index (χ3v) is 3.96. The smallest absolute Gasteiger partial charge is 0.139 e. The van der Waals surface area contributed by atoms with E-state index in [4.69, 9.17) is 18.0 Å². The minimum Gasteiger partial charge on any atom is -0.389 e. The van der Waals surface area contributed by atoms with Crippen LogP contribution >= 0.6 is 44.1 Å². The summed E-state index contributed by atoms with van der Waals surface area (Å²) in [5, 5.41) is 3.10. The number of anilines is 2. The van der Waals surface area contributed by atoms with Crippen molar-refractivity contribution in [2.75, 3.05) is 5.32 Å². The zero-order chi connectivity index (χ0) is 14.0. The summed E-state index contributed by atoms with van der Waals surface area (Å²) in [5.41, 5.74) is 7.82. The molecule has 19 heavy (non-hydrogen) atoms. The molecule has 0 aliphatic heterocycles. The first-order chi connectivity index (χ1) is 8.97. The number of halogens is 3. The first-order valence-electron chi connectivity index (χ1n) is 5.29. The monoisotopic (exact) mass is 402 g/mol. The third kappa shape index (κ3) is 3.52. The normalized spacial score (nSPS) is 10.3. The maximum atomic E-state index is 13.4. The molecule has 2 aromatic rings. The van der Waals surface area contributed by atoms with Gasteiger partial charge in [-0.2, -0.15) is 0 Å². The average molecular weight is 404 g/mol. The number of hydrogen-bond acceptors (Lipinski definition) is 2. The molecule has 3 N–H and O–H groups in total. The molecule has 0 unspecified atom stereocenters. The average Bonchev–Trinajstić information content (AvgIpc) is 2.33. The van der Waals surface area contributed by atoms with Crippen LogP contribution in [0.25, 0.3) is 0 Å². The Labute approximate surface area is 132 Å². The highest BCUT2D eigenvalue weighted by Gasteiger charge is 2.05.